The van der Waals surface area contributed by atoms with E-state index >= 15 is 0 Å². The topological polar surface area (TPSA) is 57.8 Å². The SMILES string of the molecule is C=CNc1[nH]c(=O)ncc1Br. The summed E-state index contributed by atoms with van der Waals surface area (Å²) in [5, 5.41) is 2.74. The molecule has 0 aromatic carbocycles. The number of aromatic nitrogens is 2. The summed E-state index contributed by atoms with van der Waals surface area (Å²) in [4.78, 5) is 16.6. The van der Waals surface area contributed by atoms with Crippen LogP contribution in [0.25, 0.3) is 0 Å². The van der Waals surface area contributed by atoms with Crippen molar-refractivity contribution in [2.24, 2.45) is 0 Å². The van der Waals surface area contributed by atoms with E-state index in [0.717, 1.165) is 0 Å². The van der Waals surface area contributed by atoms with Crippen molar-refractivity contribution in [1.82, 2.24) is 9.97 Å². The zero-order valence-electron chi connectivity index (χ0n) is 5.60. The molecule has 0 aliphatic rings. The molecule has 0 unspecified atom stereocenters. The fourth-order valence-corrected chi connectivity index (χ4v) is 0.902. The van der Waals surface area contributed by atoms with Crippen LogP contribution in [0.5, 0.6) is 0 Å². The third-order valence-electron chi connectivity index (χ3n) is 1.01. The summed E-state index contributed by atoms with van der Waals surface area (Å²) in [6, 6.07) is 0. The molecule has 1 aromatic heterocycles. The highest BCUT2D eigenvalue weighted by molar-refractivity contribution is 9.10. The number of aromatic amines is 1. The maximum Gasteiger partial charge on any atom is 0.346 e. The van der Waals surface area contributed by atoms with Crippen molar-refractivity contribution >= 4 is 21.7 Å². The first-order valence-electron chi connectivity index (χ1n) is 2.86. The quantitative estimate of drug-likeness (QED) is 0.777. The first-order chi connectivity index (χ1) is 5.24. The smallest absolute Gasteiger partial charge is 0.346 e. The second-order valence-corrected chi connectivity index (χ2v) is 2.61. The van der Waals surface area contributed by atoms with Gasteiger partial charge in [-0.25, -0.2) is 9.78 Å². The molecule has 0 saturated carbocycles. The molecule has 1 heterocycles. The lowest BCUT2D eigenvalue weighted by Gasteiger charge is -2.00. The zero-order valence-corrected chi connectivity index (χ0v) is 7.18. The molecule has 0 fully saturated rings. The predicted molar refractivity (Wildman–Crippen MR) is 46.4 cm³/mol. The molecule has 0 radical (unpaired) electrons. The summed E-state index contributed by atoms with van der Waals surface area (Å²) < 4.78 is 0.692. The Labute approximate surface area is 71.5 Å². The summed E-state index contributed by atoms with van der Waals surface area (Å²) in [7, 11) is 0. The van der Waals surface area contributed by atoms with Crippen molar-refractivity contribution in [3.05, 3.63) is 33.9 Å². The van der Waals surface area contributed by atoms with Crippen LogP contribution >= 0.6 is 15.9 Å². The lowest BCUT2D eigenvalue weighted by Crippen LogP contribution is -2.11. The molecule has 4 nitrogen and oxygen atoms in total. The Bertz CT molecular complexity index is 320. The van der Waals surface area contributed by atoms with Crippen LogP contribution in [0, 0.1) is 0 Å². The third kappa shape index (κ3) is 1.91. The van der Waals surface area contributed by atoms with Crippen LogP contribution < -0.4 is 11.0 Å². The molecule has 0 aliphatic heterocycles. The molecule has 0 atom stereocenters. The summed E-state index contributed by atoms with van der Waals surface area (Å²) >= 11 is 3.19. The van der Waals surface area contributed by atoms with E-state index < -0.39 is 5.69 Å². The van der Waals surface area contributed by atoms with Crippen molar-refractivity contribution in [2.75, 3.05) is 5.32 Å². The second-order valence-electron chi connectivity index (χ2n) is 1.76. The van der Waals surface area contributed by atoms with Crippen molar-refractivity contribution in [3.63, 3.8) is 0 Å². The van der Waals surface area contributed by atoms with Gasteiger partial charge in [0.1, 0.15) is 5.82 Å². The van der Waals surface area contributed by atoms with Gasteiger partial charge in [0.15, 0.2) is 0 Å². The van der Waals surface area contributed by atoms with Gasteiger partial charge in [-0.15, -0.1) is 0 Å². The average molecular weight is 216 g/mol. The Balaban J connectivity index is 3.12. The highest BCUT2D eigenvalue weighted by atomic mass is 79.9. The van der Waals surface area contributed by atoms with Crippen molar-refractivity contribution in [3.8, 4) is 0 Å². The molecule has 11 heavy (non-hydrogen) atoms. The molecule has 58 valence electrons. The Morgan fingerprint density at radius 1 is 1.82 bits per heavy atom. The minimum absolute atomic E-state index is 0.391. The Morgan fingerprint density at radius 3 is 3.18 bits per heavy atom. The lowest BCUT2D eigenvalue weighted by atomic mass is 10.6. The van der Waals surface area contributed by atoms with Crippen LogP contribution in [0.2, 0.25) is 0 Å². The van der Waals surface area contributed by atoms with E-state index in [1.165, 1.54) is 12.4 Å². The number of nitrogens with zero attached hydrogens (tertiary/aromatic N) is 1. The average Bonchev–Trinajstić information content (AvgIpc) is 1.98. The van der Waals surface area contributed by atoms with Crippen LogP contribution in [-0.4, -0.2) is 9.97 Å². The van der Waals surface area contributed by atoms with Gasteiger partial charge in [0, 0.05) is 0 Å². The number of rotatable bonds is 2. The van der Waals surface area contributed by atoms with E-state index in [1.54, 1.807) is 0 Å². The maximum atomic E-state index is 10.7. The first-order valence-corrected chi connectivity index (χ1v) is 3.65. The van der Waals surface area contributed by atoms with Gasteiger partial charge in [0.05, 0.1) is 10.7 Å². The molecule has 0 spiro atoms. The van der Waals surface area contributed by atoms with Crippen LogP contribution in [0.3, 0.4) is 0 Å². The summed E-state index contributed by atoms with van der Waals surface area (Å²) in [6.07, 6.45) is 2.89. The van der Waals surface area contributed by atoms with Crippen molar-refractivity contribution < 1.29 is 0 Å². The second kappa shape index (κ2) is 3.34. The van der Waals surface area contributed by atoms with E-state index in [9.17, 15) is 4.79 Å². The van der Waals surface area contributed by atoms with E-state index in [4.69, 9.17) is 0 Å². The van der Waals surface area contributed by atoms with Crippen molar-refractivity contribution in [2.45, 2.75) is 0 Å². The van der Waals surface area contributed by atoms with Gasteiger partial charge in [-0.05, 0) is 22.1 Å². The molecule has 0 saturated heterocycles. The zero-order chi connectivity index (χ0) is 8.27. The molecule has 1 aromatic rings. The minimum Gasteiger partial charge on any atom is -0.348 e. The molecular formula is C6H6BrN3O. The molecule has 2 N–H and O–H groups in total. The van der Waals surface area contributed by atoms with E-state index in [0.29, 0.717) is 10.3 Å². The molecule has 1 rings (SSSR count). The monoisotopic (exact) mass is 215 g/mol. The van der Waals surface area contributed by atoms with Gasteiger partial charge in [0.25, 0.3) is 0 Å². The number of halogens is 1. The van der Waals surface area contributed by atoms with Gasteiger partial charge < -0.3 is 5.32 Å². The predicted octanol–water partition coefficient (Wildman–Crippen LogP) is 1.09. The third-order valence-corrected chi connectivity index (χ3v) is 1.61. The van der Waals surface area contributed by atoms with Gasteiger partial charge in [-0.1, -0.05) is 6.58 Å². The number of H-pyrrole nitrogens is 1. The largest absolute Gasteiger partial charge is 0.348 e. The number of nitrogens with one attached hydrogen (secondary N) is 2. The molecular weight excluding hydrogens is 210 g/mol. The van der Waals surface area contributed by atoms with E-state index in [1.807, 2.05) is 0 Å². The standard InChI is InChI=1S/C6H6BrN3O/c1-2-8-5-4(7)3-9-6(11)10-5/h2-3H,1H2,(H2,8,9,10,11). The summed E-state index contributed by atoms with van der Waals surface area (Å²) in [6.45, 7) is 3.45. The highest BCUT2D eigenvalue weighted by Gasteiger charge is 1.96. The van der Waals surface area contributed by atoms with Gasteiger partial charge in [0.2, 0.25) is 0 Å². The minimum atomic E-state index is -0.391. The molecule has 5 heteroatoms. The Morgan fingerprint density at radius 2 is 2.55 bits per heavy atom. The van der Waals surface area contributed by atoms with Gasteiger partial charge >= 0.3 is 5.69 Å². The van der Waals surface area contributed by atoms with Gasteiger partial charge in [-0.2, -0.15) is 0 Å². The maximum absolute atomic E-state index is 10.7. The Hall–Kier alpha value is -1.10. The highest BCUT2D eigenvalue weighted by Crippen LogP contribution is 2.15. The van der Waals surface area contributed by atoms with Crippen LogP contribution in [-0.2, 0) is 0 Å². The van der Waals surface area contributed by atoms with Crippen LogP contribution in [0.1, 0.15) is 0 Å². The molecule has 0 aliphatic carbocycles. The fraction of sp³-hybridized carbons (Fsp3) is 0. The molecule has 0 amide bonds. The number of hydrogen-bond donors (Lipinski definition) is 2. The first kappa shape index (κ1) is 8.00. The van der Waals surface area contributed by atoms with Crippen molar-refractivity contribution in [1.29, 1.82) is 0 Å². The lowest BCUT2D eigenvalue weighted by molar-refractivity contribution is 1.07. The van der Waals surface area contributed by atoms with E-state index in [2.05, 4.69) is 37.8 Å². The summed E-state index contributed by atoms with van der Waals surface area (Å²) in [5.74, 6) is 0.556. The number of anilines is 1. The van der Waals surface area contributed by atoms with Gasteiger partial charge in [-0.3, -0.25) is 4.98 Å². The number of hydrogen-bond acceptors (Lipinski definition) is 3. The van der Waals surface area contributed by atoms with Crippen LogP contribution in [0.4, 0.5) is 5.82 Å². The van der Waals surface area contributed by atoms with E-state index in [-0.39, 0.29) is 0 Å². The summed E-state index contributed by atoms with van der Waals surface area (Å²) in [5.41, 5.74) is -0.391. The Kier molecular flexibility index (Phi) is 2.43. The normalized spacial score (nSPS) is 9.18. The fourth-order valence-electron chi connectivity index (χ4n) is 0.586. The van der Waals surface area contributed by atoms with Crippen LogP contribution in [0.15, 0.2) is 28.2 Å². The molecule has 0 bridgehead atoms.